The largest absolute Gasteiger partial charge is 0.465 e. The Bertz CT molecular complexity index is 1660. The van der Waals surface area contributed by atoms with Gasteiger partial charge in [-0.25, -0.2) is 0 Å². The smallest absolute Gasteiger partial charge is 0.194 e. The van der Waals surface area contributed by atoms with Crippen LogP contribution in [0.2, 0.25) is 0 Å². The second-order valence-electron chi connectivity index (χ2n) is 10.5. The fraction of sp³-hybridized carbons (Fsp3) is 0.158. The van der Waals surface area contributed by atoms with Crippen LogP contribution in [0.1, 0.15) is 31.9 Å². The monoisotopic (exact) mass is 603 g/mol. The molecule has 0 fully saturated rings. The summed E-state index contributed by atoms with van der Waals surface area (Å²) in [4.78, 5) is 2.16. The van der Waals surface area contributed by atoms with Crippen molar-refractivity contribution in [3.63, 3.8) is 0 Å². The highest BCUT2D eigenvalue weighted by Crippen LogP contribution is 2.37. The van der Waals surface area contributed by atoms with E-state index in [-0.39, 0.29) is 0 Å². The van der Waals surface area contributed by atoms with Gasteiger partial charge in [-0.1, -0.05) is 60.7 Å². The molecule has 0 spiro atoms. The van der Waals surface area contributed by atoms with Crippen molar-refractivity contribution < 1.29 is 29.5 Å². The lowest BCUT2D eigenvalue weighted by Gasteiger charge is -2.26. The molecule has 45 heavy (non-hydrogen) atoms. The predicted molar refractivity (Wildman–Crippen MR) is 179 cm³/mol. The number of anilines is 3. The molecular formula is C38H37NO6. The van der Waals surface area contributed by atoms with Crippen LogP contribution in [-0.2, 0) is 0 Å². The maximum absolute atomic E-state index is 9.63. The average molecular weight is 604 g/mol. The first-order chi connectivity index (χ1) is 21.7. The molecule has 0 saturated heterocycles. The first-order valence-corrected chi connectivity index (χ1v) is 14.8. The molecular weight excluding hydrogens is 566 g/mol. The summed E-state index contributed by atoms with van der Waals surface area (Å²) in [6.45, 7) is 4.73. The maximum Gasteiger partial charge on any atom is 0.194 e. The summed E-state index contributed by atoms with van der Waals surface area (Å²) in [5.41, 5.74) is 7.03. The number of benzene rings is 5. The zero-order valence-corrected chi connectivity index (χ0v) is 25.4. The Morgan fingerprint density at radius 2 is 0.689 bits per heavy atom. The third-order valence-corrected chi connectivity index (χ3v) is 6.83. The quantitative estimate of drug-likeness (QED) is 0.0979. The van der Waals surface area contributed by atoms with Crippen LogP contribution in [-0.4, -0.2) is 34.2 Å². The van der Waals surface area contributed by atoms with E-state index in [1.165, 1.54) is 0 Å². The van der Waals surface area contributed by atoms with Gasteiger partial charge in [0.2, 0.25) is 0 Å². The second-order valence-corrected chi connectivity index (χ2v) is 10.5. The SMILES string of the molecule is CC(O)Oc1ccc(C=Cc2ccc(N(c3ccc(OC(C)O)cc3)c3ccc(-c4ccc(OC(C)O)cc4)cc3)cc2)cc1. The number of hydrogen-bond donors (Lipinski definition) is 3. The van der Waals surface area contributed by atoms with Crippen LogP contribution in [0.4, 0.5) is 17.1 Å². The second kappa shape index (κ2) is 14.6. The molecule has 5 aromatic rings. The minimum Gasteiger partial charge on any atom is -0.465 e. The van der Waals surface area contributed by atoms with Gasteiger partial charge < -0.3 is 34.4 Å². The van der Waals surface area contributed by atoms with Crippen molar-refractivity contribution in [2.45, 2.75) is 39.6 Å². The molecule has 3 N–H and O–H groups in total. The van der Waals surface area contributed by atoms with Crippen LogP contribution in [0.3, 0.4) is 0 Å². The van der Waals surface area contributed by atoms with E-state index < -0.39 is 18.9 Å². The van der Waals surface area contributed by atoms with E-state index >= 15 is 0 Å². The molecule has 5 rings (SSSR count). The van der Waals surface area contributed by atoms with Gasteiger partial charge in [0.25, 0.3) is 0 Å². The van der Waals surface area contributed by atoms with E-state index in [0.717, 1.165) is 39.3 Å². The van der Waals surface area contributed by atoms with E-state index in [2.05, 4.69) is 53.4 Å². The fourth-order valence-electron chi connectivity index (χ4n) is 4.83. The fourth-order valence-corrected chi connectivity index (χ4v) is 4.83. The highest BCUT2D eigenvalue weighted by Gasteiger charge is 2.14. The molecule has 0 aliphatic heterocycles. The summed E-state index contributed by atoms with van der Waals surface area (Å²) in [7, 11) is 0. The van der Waals surface area contributed by atoms with Crippen LogP contribution in [0.15, 0.2) is 121 Å². The van der Waals surface area contributed by atoms with Crippen molar-refractivity contribution in [1.29, 1.82) is 0 Å². The zero-order valence-electron chi connectivity index (χ0n) is 25.4. The van der Waals surface area contributed by atoms with Crippen LogP contribution < -0.4 is 19.1 Å². The average Bonchev–Trinajstić information content (AvgIpc) is 3.02. The molecule has 0 heterocycles. The minimum atomic E-state index is -0.900. The van der Waals surface area contributed by atoms with Crippen molar-refractivity contribution in [3.05, 3.63) is 132 Å². The number of aliphatic hydroxyl groups excluding tert-OH is 3. The molecule has 7 heteroatoms. The summed E-state index contributed by atoms with van der Waals surface area (Å²) in [6.07, 6.45) is 1.46. The van der Waals surface area contributed by atoms with Gasteiger partial charge in [0.05, 0.1) is 0 Å². The molecule has 3 atom stereocenters. The summed E-state index contributed by atoms with van der Waals surface area (Å²) in [6, 6.07) is 39.4. The first kappa shape index (κ1) is 31.3. The molecule has 230 valence electrons. The summed E-state index contributed by atoms with van der Waals surface area (Å²) in [5.74, 6) is 1.81. The molecule has 0 radical (unpaired) electrons. The first-order valence-electron chi connectivity index (χ1n) is 14.8. The Morgan fingerprint density at radius 1 is 0.422 bits per heavy atom. The van der Waals surface area contributed by atoms with Gasteiger partial charge in [-0.15, -0.1) is 0 Å². The van der Waals surface area contributed by atoms with Gasteiger partial charge in [-0.2, -0.15) is 0 Å². The molecule has 0 saturated carbocycles. The van der Waals surface area contributed by atoms with Gasteiger partial charge in [-0.05, 0) is 116 Å². The van der Waals surface area contributed by atoms with Crippen molar-refractivity contribution in [2.24, 2.45) is 0 Å². The van der Waals surface area contributed by atoms with E-state index in [0.29, 0.717) is 17.2 Å². The highest BCUT2D eigenvalue weighted by atomic mass is 16.6. The van der Waals surface area contributed by atoms with Gasteiger partial charge >= 0.3 is 0 Å². The number of nitrogens with zero attached hydrogens (tertiary/aromatic N) is 1. The van der Waals surface area contributed by atoms with E-state index in [9.17, 15) is 15.3 Å². The predicted octanol–water partition coefficient (Wildman–Crippen LogP) is 8.15. The van der Waals surface area contributed by atoms with Gasteiger partial charge in [0.15, 0.2) is 18.9 Å². The molecule has 3 unspecified atom stereocenters. The Balaban J connectivity index is 1.39. The molecule has 0 aromatic heterocycles. The van der Waals surface area contributed by atoms with Gasteiger partial charge in [0.1, 0.15) is 17.2 Å². The van der Waals surface area contributed by atoms with Crippen LogP contribution in [0.25, 0.3) is 23.3 Å². The number of hydrogen-bond acceptors (Lipinski definition) is 7. The Kier molecular flexibility index (Phi) is 10.2. The van der Waals surface area contributed by atoms with Crippen molar-refractivity contribution >= 4 is 29.2 Å². The maximum atomic E-state index is 9.63. The van der Waals surface area contributed by atoms with Crippen molar-refractivity contribution in [2.75, 3.05) is 4.90 Å². The number of aliphatic hydroxyl groups is 3. The lowest BCUT2D eigenvalue weighted by atomic mass is 10.0. The van der Waals surface area contributed by atoms with Crippen molar-refractivity contribution in [1.82, 2.24) is 0 Å². The highest BCUT2D eigenvalue weighted by molar-refractivity contribution is 5.80. The van der Waals surface area contributed by atoms with E-state index in [4.69, 9.17) is 14.2 Å². The van der Waals surface area contributed by atoms with Gasteiger partial charge in [-0.3, -0.25) is 0 Å². The topological polar surface area (TPSA) is 91.6 Å². The summed E-state index contributed by atoms with van der Waals surface area (Å²) >= 11 is 0. The Morgan fingerprint density at radius 3 is 1.07 bits per heavy atom. The van der Waals surface area contributed by atoms with E-state index in [1.807, 2.05) is 84.9 Å². The normalized spacial score (nSPS) is 13.2. The lowest BCUT2D eigenvalue weighted by molar-refractivity contribution is -0.000877. The molecule has 0 aliphatic rings. The molecule has 7 nitrogen and oxygen atoms in total. The third-order valence-electron chi connectivity index (χ3n) is 6.83. The molecule has 5 aromatic carbocycles. The van der Waals surface area contributed by atoms with Crippen LogP contribution in [0.5, 0.6) is 17.2 Å². The molecule has 0 aliphatic carbocycles. The number of ether oxygens (including phenoxy) is 3. The van der Waals surface area contributed by atoms with Crippen molar-refractivity contribution in [3.8, 4) is 28.4 Å². The minimum absolute atomic E-state index is 0.581. The molecule has 0 bridgehead atoms. The number of rotatable bonds is 12. The summed E-state index contributed by atoms with van der Waals surface area (Å²) in [5, 5.41) is 28.5. The third kappa shape index (κ3) is 8.74. The Labute approximate surface area is 263 Å². The van der Waals surface area contributed by atoms with E-state index in [1.54, 1.807) is 20.8 Å². The lowest BCUT2D eigenvalue weighted by Crippen LogP contribution is -2.11. The van der Waals surface area contributed by atoms with Gasteiger partial charge in [0, 0.05) is 17.1 Å². The molecule has 0 amide bonds. The standard InChI is InChI=1S/C38H37NO6/c1-26(40)43-36-20-8-30(9-21-36)5-4-29-6-14-33(15-7-29)39(35-18-24-38(25-19-35)45-28(3)42)34-16-10-31(11-17-34)32-12-22-37(23-13-32)44-27(2)41/h4-28,40-42H,1-3H3. The van der Waals surface area contributed by atoms with Crippen LogP contribution in [0, 0.1) is 0 Å². The summed E-state index contributed by atoms with van der Waals surface area (Å²) < 4.78 is 16.1. The van der Waals surface area contributed by atoms with Crippen LogP contribution >= 0.6 is 0 Å². The Hall–Kier alpha value is -5.08. The zero-order chi connectivity index (χ0) is 31.8.